The molecule has 2 rings (SSSR count). The molecule has 0 aromatic carbocycles. The van der Waals surface area contributed by atoms with Crippen LogP contribution in [0.15, 0.2) is 60.3 Å². The molecular weight excluding hydrogens is 390 g/mol. The van der Waals surface area contributed by atoms with E-state index in [1.54, 1.807) is 0 Å². The van der Waals surface area contributed by atoms with Gasteiger partial charge in [-0.2, -0.15) is 0 Å². The third-order valence-corrected chi connectivity index (χ3v) is 6.77. The zero-order valence-corrected chi connectivity index (χ0v) is 20.7. The van der Waals surface area contributed by atoms with Gasteiger partial charge in [0, 0.05) is 18.9 Å². The monoisotopic (exact) mass is 437 g/mol. The SMILES string of the molecule is CCCC(CCCCNCC=CC1=CCC=CC(C)C=C1)CCCC(=O)C1CC=CCC1. The Hall–Kier alpha value is -1.67. The maximum Gasteiger partial charge on any atom is 0.136 e. The fourth-order valence-electron chi connectivity index (χ4n) is 4.78. The van der Waals surface area contributed by atoms with Gasteiger partial charge in [0.25, 0.3) is 0 Å². The third kappa shape index (κ3) is 11.8. The number of hydrogen-bond donors (Lipinski definition) is 1. The average molecular weight is 438 g/mol. The van der Waals surface area contributed by atoms with Crippen LogP contribution in [0.3, 0.4) is 0 Å². The van der Waals surface area contributed by atoms with Crippen LogP contribution in [0, 0.1) is 17.8 Å². The number of carbonyl (C=O) groups is 1. The Kier molecular flexibility index (Phi) is 14.0. The molecule has 0 aromatic heterocycles. The highest BCUT2D eigenvalue weighted by atomic mass is 16.1. The Balaban J connectivity index is 1.53. The number of unbranched alkanes of at least 4 members (excludes halogenated alkanes) is 1. The van der Waals surface area contributed by atoms with E-state index in [9.17, 15) is 4.79 Å². The molecule has 1 N–H and O–H groups in total. The molecule has 3 atom stereocenters. The summed E-state index contributed by atoms with van der Waals surface area (Å²) in [4.78, 5) is 12.4. The van der Waals surface area contributed by atoms with Gasteiger partial charge in [-0.15, -0.1) is 0 Å². The first kappa shape index (κ1) is 26.6. The summed E-state index contributed by atoms with van der Waals surface area (Å²) in [5.74, 6) is 2.15. The maximum atomic E-state index is 12.4. The maximum absolute atomic E-state index is 12.4. The summed E-state index contributed by atoms with van der Waals surface area (Å²) in [7, 11) is 0. The van der Waals surface area contributed by atoms with Crippen molar-refractivity contribution in [1.82, 2.24) is 5.32 Å². The first-order valence-electron chi connectivity index (χ1n) is 13.3. The third-order valence-electron chi connectivity index (χ3n) is 6.77. The average Bonchev–Trinajstić information content (AvgIpc) is 2.80. The minimum atomic E-state index is 0.310. The van der Waals surface area contributed by atoms with Gasteiger partial charge in [0.05, 0.1) is 0 Å². The van der Waals surface area contributed by atoms with Gasteiger partial charge >= 0.3 is 0 Å². The number of carbonyl (C=O) groups excluding carboxylic acids is 1. The van der Waals surface area contributed by atoms with Crippen LogP contribution < -0.4 is 5.32 Å². The lowest BCUT2D eigenvalue weighted by Gasteiger charge is -2.18. The van der Waals surface area contributed by atoms with Crippen molar-refractivity contribution in [2.24, 2.45) is 17.8 Å². The van der Waals surface area contributed by atoms with E-state index in [1.807, 2.05) is 0 Å². The molecule has 2 nitrogen and oxygen atoms in total. The van der Waals surface area contributed by atoms with E-state index in [0.29, 0.717) is 17.6 Å². The second kappa shape index (κ2) is 16.9. The molecule has 0 bridgehead atoms. The first-order valence-corrected chi connectivity index (χ1v) is 13.3. The minimum Gasteiger partial charge on any atom is -0.313 e. The number of ketones is 1. The van der Waals surface area contributed by atoms with E-state index in [1.165, 1.54) is 44.1 Å². The van der Waals surface area contributed by atoms with Gasteiger partial charge in [-0.3, -0.25) is 4.79 Å². The quantitative estimate of drug-likeness (QED) is 0.208. The molecule has 0 radical (unpaired) electrons. The first-order chi connectivity index (χ1) is 15.7. The number of nitrogens with one attached hydrogen (secondary N) is 1. The van der Waals surface area contributed by atoms with Crippen LogP contribution >= 0.6 is 0 Å². The summed E-state index contributed by atoms with van der Waals surface area (Å²) < 4.78 is 0. The summed E-state index contributed by atoms with van der Waals surface area (Å²) in [5.41, 5.74) is 1.31. The molecule has 0 aliphatic heterocycles. The molecule has 0 aromatic rings. The van der Waals surface area contributed by atoms with Gasteiger partial charge in [0.15, 0.2) is 0 Å². The summed E-state index contributed by atoms with van der Waals surface area (Å²) in [6, 6.07) is 0. The van der Waals surface area contributed by atoms with Crippen LogP contribution in [0.25, 0.3) is 0 Å². The Morgan fingerprint density at radius 2 is 2.00 bits per heavy atom. The number of rotatable bonds is 15. The Bertz CT molecular complexity index is 666. The summed E-state index contributed by atoms with van der Waals surface area (Å²) in [6.45, 7) is 6.54. The molecule has 2 aliphatic carbocycles. The molecule has 2 heteroatoms. The Labute approximate surface area is 198 Å². The topological polar surface area (TPSA) is 29.1 Å². The van der Waals surface area contributed by atoms with E-state index < -0.39 is 0 Å². The van der Waals surface area contributed by atoms with Crippen molar-refractivity contribution in [2.75, 3.05) is 13.1 Å². The number of hydrogen-bond acceptors (Lipinski definition) is 2. The van der Waals surface area contributed by atoms with Crippen LogP contribution in [0.1, 0.15) is 90.9 Å². The largest absolute Gasteiger partial charge is 0.313 e. The summed E-state index contributed by atoms with van der Waals surface area (Å²) >= 11 is 0. The molecule has 0 amide bonds. The molecule has 0 heterocycles. The van der Waals surface area contributed by atoms with Gasteiger partial charge < -0.3 is 5.32 Å². The van der Waals surface area contributed by atoms with Crippen molar-refractivity contribution >= 4 is 5.78 Å². The predicted octanol–water partition coefficient (Wildman–Crippen LogP) is 7.89. The van der Waals surface area contributed by atoms with Crippen molar-refractivity contribution in [3.05, 3.63) is 60.3 Å². The van der Waals surface area contributed by atoms with Gasteiger partial charge in [-0.25, -0.2) is 0 Å². The second-order valence-corrected chi connectivity index (χ2v) is 9.68. The zero-order chi connectivity index (χ0) is 22.9. The van der Waals surface area contributed by atoms with Crippen LogP contribution in [0.4, 0.5) is 0 Å². The molecule has 0 fully saturated rings. The number of allylic oxidation sites excluding steroid dienone is 9. The van der Waals surface area contributed by atoms with Crippen LogP contribution in [0.5, 0.6) is 0 Å². The molecule has 3 unspecified atom stereocenters. The molecular formula is C30H47NO. The van der Waals surface area contributed by atoms with Gasteiger partial charge in [0.2, 0.25) is 0 Å². The zero-order valence-electron chi connectivity index (χ0n) is 20.7. The lowest BCUT2D eigenvalue weighted by Crippen LogP contribution is -2.16. The fourth-order valence-corrected chi connectivity index (χ4v) is 4.78. The van der Waals surface area contributed by atoms with Crippen molar-refractivity contribution in [3.63, 3.8) is 0 Å². The minimum absolute atomic E-state index is 0.310. The van der Waals surface area contributed by atoms with Crippen molar-refractivity contribution in [3.8, 4) is 0 Å². The van der Waals surface area contributed by atoms with Crippen LogP contribution in [0.2, 0.25) is 0 Å². The van der Waals surface area contributed by atoms with E-state index in [2.05, 4.69) is 73.8 Å². The lowest BCUT2D eigenvalue weighted by atomic mass is 9.86. The summed E-state index contributed by atoms with van der Waals surface area (Å²) in [5, 5.41) is 3.56. The van der Waals surface area contributed by atoms with E-state index in [-0.39, 0.29) is 0 Å². The predicted molar refractivity (Wildman–Crippen MR) is 140 cm³/mol. The van der Waals surface area contributed by atoms with Gasteiger partial charge in [-0.1, -0.05) is 101 Å². The van der Waals surface area contributed by atoms with Crippen molar-refractivity contribution < 1.29 is 4.79 Å². The molecule has 178 valence electrons. The van der Waals surface area contributed by atoms with E-state index in [4.69, 9.17) is 0 Å². The fraction of sp³-hybridized carbons (Fsp3) is 0.633. The number of Topliss-reactive ketones (excluding diaryl/α,β-unsaturated/α-hetero) is 1. The van der Waals surface area contributed by atoms with Gasteiger partial charge in [-0.05, 0) is 62.5 Å². The molecule has 32 heavy (non-hydrogen) atoms. The highest BCUT2D eigenvalue weighted by Gasteiger charge is 2.18. The normalized spacial score (nSPS) is 22.0. The van der Waals surface area contributed by atoms with Crippen molar-refractivity contribution in [1.29, 1.82) is 0 Å². The highest BCUT2D eigenvalue weighted by molar-refractivity contribution is 5.81. The molecule has 2 aliphatic rings. The van der Waals surface area contributed by atoms with Gasteiger partial charge in [0.1, 0.15) is 5.78 Å². The lowest BCUT2D eigenvalue weighted by molar-refractivity contribution is -0.123. The smallest absolute Gasteiger partial charge is 0.136 e. The molecule has 0 saturated heterocycles. The molecule has 0 spiro atoms. The Morgan fingerprint density at radius 3 is 2.81 bits per heavy atom. The standard InChI is InChI=1S/C30H47NO/c1-3-13-27(17-11-21-30(32)29-19-5-4-6-20-29)16-9-10-24-31-25-12-18-28-15-8-7-14-26(2)22-23-28/h4-5,7,12,14-15,18,22-23,26-27,29,31H,3,6,8-11,13,16-17,19-21,24-25H2,1-2H3. The van der Waals surface area contributed by atoms with Crippen LogP contribution in [-0.4, -0.2) is 18.9 Å². The molecule has 0 saturated carbocycles. The highest BCUT2D eigenvalue weighted by Crippen LogP contribution is 2.24. The van der Waals surface area contributed by atoms with Crippen LogP contribution in [-0.2, 0) is 4.79 Å². The van der Waals surface area contributed by atoms with E-state index in [0.717, 1.165) is 57.5 Å². The van der Waals surface area contributed by atoms with E-state index >= 15 is 0 Å². The van der Waals surface area contributed by atoms with Crippen molar-refractivity contribution in [2.45, 2.75) is 90.9 Å². The second-order valence-electron chi connectivity index (χ2n) is 9.68. The summed E-state index contributed by atoms with van der Waals surface area (Å²) in [6.07, 6.45) is 33.9. The Morgan fingerprint density at radius 1 is 1.12 bits per heavy atom.